The van der Waals surface area contributed by atoms with Gasteiger partial charge in [-0.2, -0.15) is 0 Å². The molecule has 3 rings (SSSR count). The second-order valence-electron chi connectivity index (χ2n) is 9.74. The minimum Gasteiger partial charge on any atom is -0.494 e. The molecule has 1 unspecified atom stereocenters. The van der Waals surface area contributed by atoms with Crippen molar-refractivity contribution < 1.29 is 28.2 Å². The largest absolute Gasteiger partial charge is 0.494 e. The minimum absolute atomic E-state index is 0.00479. The van der Waals surface area contributed by atoms with Crippen LogP contribution in [0.15, 0.2) is 60.7 Å². The fourth-order valence-electron chi connectivity index (χ4n) is 4.45. The summed E-state index contributed by atoms with van der Waals surface area (Å²) in [6.45, 7) is 5.87. The molecule has 0 fully saturated rings. The van der Waals surface area contributed by atoms with Gasteiger partial charge >= 0.3 is 7.60 Å². The van der Waals surface area contributed by atoms with Gasteiger partial charge in [-0.15, -0.1) is 0 Å². The van der Waals surface area contributed by atoms with Gasteiger partial charge in [0.15, 0.2) is 11.6 Å². The van der Waals surface area contributed by atoms with Gasteiger partial charge in [0.25, 0.3) is 0 Å². The lowest BCUT2D eigenvalue weighted by molar-refractivity contribution is 0.300. The van der Waals surface area contributed by atoms with E-state index in [4.69, 9.17) is 19.3 Å². The number of benzene rings is 3. The van der Waals surface area contributed by atoms with E-state index in [2.05, 4.69) is 37.4 Å². The number of ether oxygens (including phenoxy) is 2. The van der Waals surface area contributed by atoms with Crippen molar-refractivity contribution in [3.8, 4) is 11.5 Å². The Hall–Kier alpha value is -2.70. The molecule has 0 amide bonds. The molecule has 38 heavy (non-hydrogen) atoms. The van der Waals surface area contributed by atoms with E-state index in [0.717, 1.165) is 30.6 Å². The highest BCUT2D eigenvalue weighted by Crippen LogP contribution is 2.34. The highest BCUT2D eigenvalue weighted by atomic mass is 31.2. The lowest BCUT2D eigenvalue weighted by atomic mass is 9.87. The average Bonchev–Trinajstić information content (AvgIpc) is 2.88. The van der Waals surface area contributed by atoms with Gasteiger partial charge < -0.3 is 24.6 Å². The number of aryl methyl sites for hydroxylation is 2. The van der Waals surface area contributed by atoms with Crippen molar-refractivity contribution in [1.29, 1.82) is 0 Å². The predicted molar refractivity (Wildman–Crippen MR) is 150 cm³/mol. The molecule has 6 nitrogen and oxygen atoms in total. The van der Waals surface area contributed by atoms with Crippen LogP contribution in [0, 0.1) is 19.7 Å². The first-order chi connectivity index (χ1) is 18.2. The Morgan fingerprint density at radius 2 is 1.71 bits per heavy atom. The molecule has 0 aliphatic rings. The summed E-state index contributed by atoms with van der Waals surface area (Å²) in [6, 6.07) is 19.5. The van der Waals surface area contributed by atoms with Crippen molar-refractivity contribution >= 4 is 7.60 Å². The first-order valence-corrected chi connectivity index (χ1v) is 14.8. The van der Waals surface area contributed by atoms with E-state index in [-0.39, 0.29) is 23.6 Å². The zero-order valence-corrected chi connectivity index (χ0v) is 23.3. The second kappa shape index (κ2) is 14.5. The summed E-state index contributed by atoms with van der Waals surface area (Å²) in [5.41, 5.74) is 5.39. The van der Waals surface area contributed by atoms with E-state index in [0.29, 0.717) is 31.7 Å². The van der Waals surface area contributed by atoms with E-state index < -0.39 is 7.60 Å². The fourth-order valence-corrected chi connectivity index (χ4v) is 5.02. The van der Waals surface area contributed by atoms with E-state index in [1.54, 1.807) is 6.07 Å². The molecule has 0 radical (unpaired) electrons. The van der Waals surface area contributed by atoms with Crippen molar-refractivity contribution in [2.75, 3.05) is 26.4 Å². The summed E-state index contributed by atoms with van der Waals surface area (Å²) in [6.07, 6.45) is 2.60. The lowest BCUT2D eigenvalue weighted by Gasteiger charge is -2.20. The van der Waals surface area contributed by atoms with Gasteiger partial charge in [0, 0.05) is 6.54 Å². The molecule has 8 heteroatoms. The summed E-state index contributed by atoms with van der Waals surface area (Å²) >= 11 is 0. The maximum atomic E-state index is 15.2. The van der Waals surface area contributed by atoms with Crippen LogP contribution >= 0.6 is 7.60 Å². The van der Waals surface area contributed by atoms with Crippen LogP contribution in [-0.2, 0) is 17.5 Å². The Bertz CT molecular complexity index is 1210. The van der Waals surface area contributed by atoms with Crippen LogP contribution in [0.1, 0.15) is 53.0 Å². The number of methoxy groups -OCH3 is 1. The zero-order chi connectivity index (χ0) is 27.5. The van der Waals surface area contributed by atoms with E-state index in [1.807, 2.05) is 36.4 Å². The third-order valence-electron chi connectivity index (χ3n) is 6.73. The summed E-state index contributed by atoms with van der Waals surface area (Å²) < 4.78 is 37.3. The van der Waals surface area contributed by atoms with Gasteiger partial charge in [-0.3, -0.25) is 4.57 Å². The first kappa shape index (κ1) is 29.9. The van der Waals surface area contributed by atoms with Gasteiger partial charge in [0.05, 0.1) is 19.9 Å². The van der Waals surface area contributed by atoms with Gasteiger partial charge in [-0.25, -0.2) is 4.39 Å². The Kier molecular flexibility index (Phi) is 11.4. The van der Waals surface area contributed by atoms with Crippen LogP contribution in [0.5, 0.6) is 11.5 Å². The van der Waals surface area contributed by atoms with Gasteiger partial charge in [0.2, 0.25) is 0 Å². The molecule has 0 aliphatic carbocycles. The summed E-state index contributed by atoms with van der Waals surface area (Å²) in [5, 5.41) is 3.19. The molecule has 0 saturated carbocycles. The van der Waals surface area contributed by atoms with Crippen LogP contribution in [-0.4, -0.2) is 36.2 Å². The molecule has 3 aromatic carbocycles. The number of halogens is 1. The van der Waals surface area contributed by atoms with Gasteiger partial charge in [0.1, 0.15) is 5.75 Å². The van der Waals surface area contributed by atoms with Crippen molar-refractivity contribution in [2.24, 2.45) is 0 Å². The van der Waals surface area contributed by atoms with Crippen molar-refractivity contribution in [2.45, 2.75) is 52.0 Å². The SMILES string of the molecule is COc1cccc(C(CCCOc2ccc(CNCCCP(=O)(O)O)cc2)Cc2ccc(C)c(C)c2)c1F. The molecule has 0 bridgehead atoms. The Morgan fingerprint density at radius 3 is 2.39 bits per heavy atom. The highest BCUT2D eigenvalue weighted by Gasteiger charge is 2.19. The van der Waals surface area contributed by atoms with Gasteiger partial charge in [-0.1, -0.05) is 42.5 Å². The summed E-state index contributed by atoms with van der Waals surface area (Å²) in [7, 11) is -2.44. The van der Waals surface area contributed by atoms with Crippen molar-refractivity contribution in [3.63, 3.8) is 0 Å². The molecule has 3 N–H and O–H groups in total. The smallest absolute Gasteiger partial charge is 0.325 e. The quantitative estimate of drug-likeness (QED) is 0.154. The van der Waals surface area contributed by atoms with Crippen LogP contribution in [0.2, 0.25) is 0 Å². The second-order valence-corrected chi connectivity index (χ2v) is 11.5. The predicted octanol–water partition coefficient (Wildman–Crippen LogP) is 6.29. The van der Waals surface area contributed by atoms with Gasteiger partial charge in [-0.05, 0) is 98.0 Å². The molecule has 0 heterocycles. The number of nitrogens with one attached hydrogen (secondary N) is 1. The number of hydrogen-bond acceptors (Lipinski definition) is 4. The van der Waals surface area contributed by atoms with E-state index in [1.165, 1.54) is 23.8 Å². The molecule has 206 valence electrons. The Labute approximate surface area is 225 Å². The third kappa shape index (κ3) is 9.55. The molecule has 0 spiro atoms. The topological polar surface area (TPSA) is 88.0 Å². The number of rotatable bonds is 15. The fraction of sp³-hybridized carbons (Fsp3) is 0.400. The monoisotopic (exact) mass is 543 g/mol. The molecule has 1 atom stereocenters. The Morgan fingerprint density at radius 1 is 0.974 bits per heavy atom. The van der Waals surface area contributed by atoms with E-state index in [9.17, 15) is 4.57 Å². The average molecular weight is 544 g/mol. The third-order valence-corrected chi connectivity index (χ3v) is 7.63. The normalized spacial score (nSPS) is 12.4. The number of hydrogen-bond donors (Lipinski definition) is 3. The maximum absolute atomic E-state index is 15.2. The van der Waals surface area contributed by atoms with Crippen LogP contribution in [0.25, 0.3) is 0 Å². The minimum atomic E-state index is -3.93. The molecule has 0 aliphatic heterocycles. The van der Waals surface area contributed by atoms with Crippen LogP contribution < -0.4 is 14.8 Å². The molecular weight excluding hydrogens is 504 g/mol. The summed E-state index contributed by atoms with van der Waals surface area (Å²) in [5.74, 6) is 0.735. The van der Waals surface area contributed by atoms with Crippen molar-refractivity contribution in [3.05, 3.63) is 94.3 Å². The lowest BCUT2D eigenvalue weighted by Crippen LogP contribution is -2.15. The summed E-state index contributed by atoms with van der Waals surface area (Å²) in [4.78, 5) is 17.8. The first-order valence-electron chi connectivity index (χ1n) is 13.0. The molecule has 0 aromatic heterocycles. The molecular formula is C30H39FNO5P. The van der Waals surface area contributed by atoms with Crippen LogP contribution in [0.3, 0.4) is 0 Å². The maximum Gasteiger partial charge on any atom is 0.325 e. The molecule has 0 saturated heterocycles. The van der Waals surface area contributed by atoms with Crippen molar-refractivity contribution in [1.82, 2.24) is 5.32 Å². The molecule has 3 aromatic rings. The zero-order valence-electron chi connectivity index (χ0n) is 22.5. The Balaban J connectivity index is 1.54. The van der Waals surface area contributed by atoms with Crippen LogP contribution in [0.4, 0.5) is 4.39 Å². The highest BCUT2D eigenvalue weighted by molar-refractivity contribution is 7.51. The van der Waals surface area contributed by atoms with E-state index >= 15 is 4.39 Å². The standard InChI is InChI=1S/C30H39FNO5P/c1-22-10-11-25(19-23(22)2)20-26(28-8-4-9-29(36-3)30(28)31)7-5-17-37-27-14-12-24(13-15-27)21-32-16-6-18-38(33,34)35/h4,8-15,19,26,32H,5-7,16-18,20-21H2,1-3H3,(H2,33,34,35).